The molecule has 212 valence electrons. The highest BCUT2D eigenvalue weighted by molar-refractivity contribution is 9.10. The number of ether oxygens (including phenoxy) is 1. The van der Waals surface area contributed by atoms with E-state index in [0.717, 1.165) is 46.8 Å². The molecule has 0 saturated heterocycles. The van der Waals surface area contributed by atoms with Crippen LogP contribution in [-0.4, -0.2) is 35.4 Å². The zero-order valence-corrected chi connectivity index (χ0v) is 25.8. The fourth-order valence-electron chi connectivity index (χ4n) is 5.06. The van der Waals surface area contributed by atoms with Crippen molar-refractivity contribution in [2.75, 3.05) is 6.61 Å². The summed E-state index contributed by atoms with van der Waals surface area (Å²) < 4.78 is 6.81. The van der Waals surface area contributed by atoms with Gasteiger partial charge in [-0.2, -0.15) is 0 Å². The summed E-state index contributed by atoms with van der Waals surface area (Å²) in [6.45, 7) is 6.49. The van der Waals surface area contributed by atoms with Gasteiger partial charge in [0.1, 0.15) is 11.8 Å². The summed E-state index contributed by atoms with van der Waals surface area (Å²) in [7, 11) is 0. The molecule has 3 aromatic rings. The SMILES string of the molecule is CC(C)(C)c1ccc(OCC(=O)N(Cc2cccc(Cl)c2)C(Cc2ccccc2)C(=O)NC2CCCC2)c(Br)c1. The molecular weight excluding hydrogens is 588 g/mol. The van der Waals surface area contributed by atoms with E-state index in [4.69, 9.17) is 16.3 Å². The van der Waals surface area contributed by atoms with E-state index >= 15 is 0 Å². The van der Waals surface area contributed by atoms with Crippen LogP contribution < -0.4 is 10.1 Å². The zero-order valence-electron chi connectivity index (χ0n) is 23.5. The first kappa shape index (κ1) is 30.1. The molecule has 0 heterocycles. The Morgan fingerprint density at radius 2 is 1.70 bits per heavy atom. The molecule has 7 heteroatoms. The van der Waals surface area contributed by atoms with Gasteiger partial charge in [-0.3, -0.25) is 9.59 Å². The van der Waals surface area contributed by atoms with E-state index < -0.39 is 6.04 Å². The van der Waals surface area contributed by atoms with E-state index in [-0.39, 0.29) is 36.4 Å². The topological polar surface area (TPSA) is 58.6 Å². The summed E-state index contributed by atoms with van der Waals surface area (Å²) in [6.07, 6.45) is 4.55. The number of carbonyl (C=O) groups excluding carboxylic acids is 2. The highest BCUT2D eigenvalue weighted by Crippen LogP contribution is 2.31. The van der Waals surface area contributed by atoms with Gasteiger partial charge >= 0.3 is 0 Å². The molecule has 1 N–H and O–H groups in total. The maximum Gasteiger partial charge on any atom is 0.261 e. The highest BCUT2D eigenvalue weighted by Gasteiger charge is 2.32. The van der Waals surface area contributed by atoms with Crippen LogP contribution >= 0.6 is 27.5 Å². The van der Waals surface area contributed by atoms with Crippen molar-refractivity contribution in [1.29, 1.82) is 0 Å². The zero-order chi connectivity index (χ0) is 28.7. The molecule has 0 bridgehead atoms. The first-order valence-electron chi connectivity index (χ1n) is 13.9. The number of hydrogen-bond acceptors (Lipinski definition) is 3. The van der Waals surface area contributed by atoms with Crippen molar-refractivity contribution in [2.24, 2.45) is 0 Å². The molecule has 5 nitrogen and oxygen atoms in total. The van der Waals surface area contributed by atoms with E-state index in [2.05, 4.69) is 42.0 Å². The van der Waals surface area contributed by atoms with Gasteiger partial charge in [0, 0.05) is 24.0 Å². The Morgan fingerprint density at radius 1 is 1.00 bits per heavy atom. The van der Waals surface area contributed by atoms with E-state index in [0.29, 0.717) is 17.2 Å². The van der Waals surface area contributed by atoms with Crippen molar-refractivity contribution in [1.82, 2.24) is 10.2 Å². The fraction of sp³-hybridized carbons (Fsp3) is 0.394. The Morgan fingerprint density at radius 3 is 2.35 bits per heavy atom. The molecule has 0 radical (unpaired) electrons. The molecule has 4 rings (SSSR count). The van der Waals surface area contributed by atoms with Crippen molar-refractivity contribution >= 4 is 39.3 Å². The average Bonchev–Trinajstić information content (AvgIpc) is 3.43. The molecule has 1 atom stereocenters. The van der Waals surface area contributed by atoms with Crippen LogP contribution in [-0.2, 0) is 28.0 Å². The van der Waals surface area contributed by atoms with Crippen LogP contribution in [0.5, 0.6) is 5.75 Å². The summed E-state index contributed by atoms with van der Waals surface area (Å²) in [5, 5.41) is 3.81. The number of benzene rings is 3. The lowest BCUT2D eigenvalue weighted by atomic mass is 9.87. The third-order valence-corrected chi connectivity index (χ3v) is 8.22. The molecule has 3 aromatic carbocycles. The van der Waals surface area contributed by atoms with Gasteiger partial charge in [-0.1, -0.05) is 93.7 Å². The van der Waals surface area contributed by atoms with Crippen molar-refractivity contribution in [3.05, 3.63) is 99.0 Å². The smallest absolute Gasteiger partial charge is 0.261 e. The third kappa shape index (κ3) is 8.34. The van der Waals surface area contributed by atoms with E-state index in [1.165, 1.54) is 0 Å². The van der Waals surface area contributed by atoms with E-state index in [1.54, 1.807) is 11.0 Å². The predicted octanol–water partition coefficient (Wildman–Crippen LogP) is 7.48. The lowest BCUT2D eigenvalue weighted by molar-refractivity contribution is -0.143. The van der Waals surface area contributed by atoms with Gasteiger partial charge in [0.05, 0.1) is 4.47 Å². The van der Waals surface area contributed by atoms with Gasteiger partial charge in [0.15, 0.2) is 6.61 Å². The quantitative estimate of drug-likeness (QED) is 0.254. The fourth-order valence-corrected chi connectivity index (χ4v) is 5.77. The van der Waals surface area contributed by atoms with E-state index in [9.17, 15) is 9.59 Å². The van der Waals surface area contributed by atoms with Crippen LogP contribution in [0.2, 0.25) is 5.02 Å². The monoisotopic (exact) mass is 624 g/mol. The molecule has 1 fully saturated rings. The molecule has 1 saturated carbocycles. The number of nitrogens with one attached hydrogen (secondary N) is 1. The molecule has 0 spiro atoms. The molecule has 40 heavy (non-hydrogen) atoms. The maximum atomic E-state index is 13.9. The number of nitrogens with zero attached hydrogens (tertiary/aromatic N) is 1. The minimum Gasteiger partial charge on any atom is -0.483 e. The molecule has 1 aliphatic rings. The summed E-state index contributed by atoms with van der Waals surface area (Å²) in [4.78, 5) is 29.3. The Balaban J connectivity index is 1.61. The number of carbonyl (C=O) groups is 2. The maximum absolute atomic E-state index is 13.9. The standard InChI is InChI=1S/C33H38BrClN2O3/c1-33(2,3)25-16-17-30(28(34)20-25)40-22-31(38)37(21-24-12-9-13-26(35)18-24)29(19-23-10-5-4-6-11-23)32(39)36-27-14-7-8-15-27/h4-6,9-13,16-18,20,27,29H,7-8,14-15,19,21-22H2,1-3H3,(H,36,39). The van der Waals surface area contributed by atoms with Gasteiger partial charge < -0.3 is 15.0 Å². The third-order valence-electron chi connectivity index (χ3n) is 7.36. The first-order chi connectivity index (χ1) is 19.1. The van der Waals surface area contributed by atoms with Crippen LogP contribution in [0.25, 0.3) is 0 Å². The van der Waals surface area contributed by atoms with Crippen LogP contribution in [0.4, 0.5) is 0 Å². The van der Waals surface area contributed by atoms with Crippen LogP contribution in [0.15, 0.2) is 77.3 Å². The number of halogens is 2. The second kappa shape index (κ2) is 13.7. The summed E-state index contributed by atoms with van der Waals surface area (Å²) in [5.74, 6) is 0.176. The molecule has 0 aliphatic heterocycles. The Labute approximate surface area is 251 Å². The van der Waals surface area contributed by atoms with Crippen molar-refractivity contribution in [3.63, 3.8) is 0 Å². The molecule has 1 aliphatic carbocycles. The average molecular weight is 626 g/mol. The summed E-state index contributed by atoms with van der Waals surface area (Å²) in [6, 6.07) is 22.6. The molecule has 0 aromatic heterocycles. The Kier molecular flexibility index (Phi) is 10.3. The van der Waals surface area contributed by atoms with Crippen molar-refractivity contribution in [3.8, 4) is 5.75 Å². The largest absolute Gasteiger partial charge is 0.483 e. The second-order valence-electron chi connectivity index (χ2n) is 11.5. The summed E-state index contributed by atoms with van der Waals surface area (Å²) >= 11 is 9.89. The molecular formula is C33H38BrClN2O3. The summed E-state index contributed by atoms with van der Waals surface area (Å²) in [5.41, 5.74) is 2.98. The molecule has 2 amide bonds. The predicted molar refractivity (Wildman–Crippen MR) is 165 cm³/mol. The number of rotatable bonds is 10. The van der Waals surface area contributed by atoms with Crippen LogP contribution in [0, 0.1) is 0 Å². The minimum absolute atomic E-state index is 0.0119. The number of amides is 2. The Hall–Kier alpha value is -2.83. The first-order valence-corrected chi connectivity index (χ1v) is 15.1. The number of hydrogen-bond donors (Lipinski definition) is 1. The van der Waals surface area contributed by atoms with Gasteiger partial charge in [-0.25, -0.2) is 0 Å². The molecule has 1 unspecified atom stereocenters. The van der Waals surface area contributed by atoms with Crippen molar-refractivity contribution in [2.45, 2.75) is 76.9 Å². The van der Waals surface area contributed by atoms with Gasteiger partial charge in [-0.15, -0.1) is 0 Å². The lowest BCUT2D eigenvalue weighted by Gasteiger charge is -2.32. The van der Waals surface area contributed by atoms with Gasteiger partial charge in [0.25, 0.3) is 5.91 Å². The van der Waals surface area contributed by atoms with Gasteiger partial charge in [-0.05, 0) is 75.1 Å². The van der Waals surface area contributed by atoms with Crippen molar-refractivity contribution < 1.29 is 14.3 Å². The normalized spacial score (nSPS) is 14.5. The van der Waals surface area contributed by atoms with Gasteiger partial charge in [0.2, 0.25) is 5.91 Å². The Bertz CT molecular complexity index is 1300. The highest BCUT2D eigenvalue weighted by atomic mass is 79.9. The van der Waals surface area contributed by atoms with Crippen LogP contribution in [0.3, 0.4) is 0 Å². The lowest BCUT2D eigenvalue weighted by Crippen LogP contribution is -2.53. The second-order valence-corrected chi connectivity index (χ2v) is 12.8. The van der Waals surface area contributed by atoms with E-state index in [1.807, 2.05) is 66.7 Å². The van der Waals surface area contributed by atoms with Crippen LogP contribution in [0.1, 0.15) is 63.1 Å². The minimum atomic E-state index is -0.704.